The van der Waals surface area contributed by atoms with E-state index in [1.807, 2.05) is 0 Å². The summed E-state index contributed by atoms with van der Waals surface area (Å²) < 4.78 is 6.07. The third-order valence-electron chi connectivity index (χ3n) is 5.29. The molecule has 3 rings (SSSR count). The monoisotopic (exact) mass is 387 g/mol. The Morgan fingerprint density at radius 3 is 2.61 bits per heavy atom. The molecule has 28 heavy (non-hydrogen) atoms. The summed E-state index contributed by atoms with van der Waals surface area (Å²) in [5.41, 5.74) is -0.972. The molecule has 1 saturated carbocycles. The first kappa shape index (κ1) is 19.9. The van der Waals surface area contributed by atoms with Crippen molar-refractivity contribution in [3.05, 3.63) is 45.0 Å². The van der Waals surface area contributed by atoms with E-state index in [1.54, 1.807) is 12.1 Å². The van der Waals surface area contributed by atoms with Gasteiger partial charge in [0.25, 0.3) is 17.0 Å². The summed E-state index contributed by atoms with van der Waals surface area (Å²) in [4.78, 5) is 49.1. The van der Waals surface area contributed by atoms with Gasteiger partial charge in [-0.2, -0.15) is 0 Å². The molecule has 1 amide bonds. The van der Waals surface area contributed by atoms with Crippen molar-refractivity contribution < 1.29 is 14.3 Å². The van der Waals surface area contributed by atoms with Crippen LogP contribution in [-0.2, 0) is 20.9 Å². The van der Waals surface area contributed by atoms with Crippen molar-refractivity contribution >= 4 is 22.6 Å². The zero-order chi connectivity index (χ0) is 20.3. The summed E-state index contributed by atoms with van der Waals surface area (Å²) in [5.74, 6) is -0.735. The molecule has 1 heterocycles. The molecule has 1 aromatic heterocycles. The number of carbonyl (C=O) groups excluding carboxylic acids is 2. The van der Waals surface area contributed by atoms with Crippen LogP contribution in [-0.4, -0.2) is 33.8 Å². The SMILES string of the molecule is C[C@H](OC(=O)Cn1[nH]c(=O)c2ccccc2c1=O)C(=O)N[C@@H]1CCCC[C@@H]1C. The molecule has 8 nitrogen and oxygen atoms in total. The second-order valence-electron chi connectivity index (χ2n) is 7.39. The maximum absolute atomic E-state index is 12.4. The lowest BCUT2D eigenvalue weighted by Gasteiger charge is -2.30. The highest BCUT2D eigenvalue weighted by atomic mass is 16.5. The molecular formula is C20H25N3O5. The van der Waals surface area contributed by atoms with Crippen molar-refractivity contribution in [2.75, 3.05) is 0 Å². The lowest BCUT2D eigenvalue weighted by atomic mass is 9.86. The average molecular weight is 387 g/mol. The topological polar surface area (TPSA) is 110 Å². The van der Waals surface area contributed by atoms with Crippen molar-refractivity contribution in [3.8, 4) is 0 Å². The van der Waals surface area contributed by atoms with Gasteiger partial charge in [-0.3, -0.25) is 24.3 Å². The maximum atomic E-state index is 12.4. The van der Waals surface area contributed by atoms with Crippen LogP contribution in [0.5, 0.6) is 0 Å². The van der Waals surface area contributed by atoms with Crippen LogP contribution in [0.25, 0.3) is 10.8 Å². The first-order chi connectivity index (χ1) is 13.4. The number of esters is 1. The Morgan fingerprint density at radius 2 is 1.89 bits per heavy atom. The van der Waals surface area contributed by atoms with E-state index < -0.39 is 29.7 Å². The van der Waals surface area contributed by atoms with Crippen molar-refractivity contribution in [1.82, 2.24) is 15.1 Å². The molecule has 2 N–H and O–H groups in total. The molecule has 0 radical (unpaired) electrons. The number of H-pyrrole nitrogens is 1. The number of nitrogens with one attached hydrogen (secondary N) is 2. The minimum atomic E-state index is -0.982. The fourth-order valence-corrected chi connectivity index (χ4v) is 3.61. The van der Waals surface area contributed by atoms with E-state index in [0.29, 0.717) is 5.92 Å². The van der Waals surface area contributed by atoms with Gasteiger partial charge in [0, 0.05) is 6.04 Å². The molecule has 3 atom stereocenters. The van der Waals surface area contributed by atoms with Crippen LogP contribution in [0.3, 0.4) is 0 Å². The number of rotatable bonds is 5. The van der Waals surface area contributed by atoms with E-state index in [0.717, 1.165) is 30.4 Å². The maximum Gasteiger partial charge on any atom is 0.328 e. The Balaban J connectivity index is 1.64. The van der Waals surface area contributed by atoms with Crippen molar-refractivity contribution in [1.29, 1.82) is 0 Å². The summed E-state index contributed by atoms with van der Waals surface area (Å²) in [5, 5.41) is 5.79. The standard InChI is InChI=1S/C20H25N3O5/c1-12-7-3-6-10-16(12)21-18(25)13(2)28-17(24)11-23-20(27)15-9-5-4-8-14(15)19(26)22-23/h4-5,8-9,12-13,16H,3,6-7,10-11H2,1-2H3,(H,21,25)(H,22,26)/t12-,13-,16+/m0/s1. The van der Waals surface area contributed by atoms with Gasteiger partial charge in [0.05, 0.1) is 10.8 Å². The number of aromatic nitrogens is 2. The predicted molar refractivity (Wildman–Crippen MR) is 104 cm³/mol. The normalized spacial score (nSPS) is 20.5. The third kappa shape index (κ3) is 4.32. The second kappa shape index (κ2) is 8.41. The number of hydrogen-bond acceptors (Lipinski definition) is 5. The summed E-state index contributed by atoms with van der Waals surface area (Å²) >= 11 is 0. The highest BCUT2D eigenvalue weighted by Crippen LogP contribution is 2.23. The van der Waals surface area contributed by atoms with Gasteiger partial charge in [-0.05, 0) is 37.8 Å². The van der Waals surface area contributed by atoms with Crippen LogP contribution in [0.2, 0.25) is 0 Å². The van der Waals surface area contributed by atoms with Crippen LogP contribution in [0.1, 0.15) is 39.5 Å². The lowest BCUT2D eigenvalue weighted by Crippen LogP contribution is -2.46. The molecule has 8 heteroatoms. The first-order valence-corrected chi connectivity index (χ1v) is 9.58. The van der Waals surface area contributed by atoms with Gasteiger partial charge in [0.15, 0.2) is 6.10 Å². The quantitative estimate of drug-likeness (QED) is 0.752. The van der Waals surface area contributed by atoms with Gasteiger partial charge in [0.1, 0.15) is 6.54 Å². The third-order valence-corrected chi connectivity index (χ3v) is 5.29. The molecular weight excluding hydrogens is 362 g/mol. The number of benzene rings is 1. The van der Waals surface area contributed by atoms with Crippen molar-refractivity contribution in [3.63, 3.8) is 0 Å². The molecule has 150 valence electrons. The number of nitrogens with zero attached hydrogens (tertiary/aromatic N) is 1. The Kier molecular flexibility index (Phi) is 5.96. The van der Waals surface area contributed by atoms with E-state index in [1.165, 1.54) is 19.1 Å². The van der Waals surface area contributed by atoms with Crippen LogP contribution in [0.4, 0.5) is 0 Å². The Bertz CT molecular complexity index is 993. The summed E-state index contributed by atoms with van der Waals surface area (Å²) in [6, 6.07) is 6.45. The molecule has 2 aromatic rings. The van der Waals surface area contributed by atoms with Crippen LogP contribution < -0.4 is 16.4 Å². The minimum absolute atomic E-state index is 0.0851. The molecule has 0 unspecified atom stereocenters. The molecule has 1 aliphatic carbocycles. The van der Waals surface area contributed by atoms with Gasteiger partial charge in [-0.1, -0.05) is 31.9 Å². The second-order valence-corrected chi connectivity index (χ2v) is 7.39. The number of amides is 1. The van der Waals surface area contributed by atoms with Crippen LogP contribution in [0, 0.1) is 5.92 Å². The van der Waals surface area contributed by atoms with Crippen LogP contribution >= 0.6 is 0 Å². The molecule has 1 fully saturated rings. The molecule has 1 aliphatic rings. The van der Waals surface area contributed by atoms with E-state index in [4.69, 9.17) is 4.74 Å². The first-order valence-electron chi connectivity index (χ1n) is 9.58. The number of ether oxygens (including phenoxy) is 1. The van der Waals surface area contributed by atoms with Gasteiger partial charge >= 0.3 is 5.97 Å². The minimum Gasteiger partial charge on any atom is -0.451 e. The van der Waals surface area contributed by atoms with Crippen molar-refractivity contribution in [2.24, 2.45) is 5.92 Å². The Labute approximate surface area is 161 Å². The molecule has 0 bridgehead atoms. The summed E-state index contributed by atoms with van der Waals surface area (Å²) in [7, 11) is 0. The Hall–Kier alpha value is -2.90. The van der Waals surface area contributed by atoms with Gasteiger partial charge in [-0.25, -0.2) is 4.68 Å². The van der Waals surface area contributed by atoms with Crippen LogP contribution in [0.15, 0.2) is 33.9 Å². The fraction of sp³-hybridized carbons (Fsp3) is 0.500. The van der Waals surface area contributed by atoms with E-state index >= 15 is 0 Å². The number of hydrogen-bond donors (Lipinski definition) is 2. The van der Waals surface area contributed by atoms with Gasteiger partial charge in [0.2, 0.25) is 0 Å². The zero-order valence-electron chi connectivity index (χ0n) is 16.1. The summed E-state index contributed by atoms with van der Waals surface area (Å²) in [6.45, 7) is 3.12. The predicted octanol–water partition coefficient (Wildman–Crippen LogP) is 1.32. The smallest absolute Gasteiger partial charge is 0.328 e. The average Bonchev–Trinajstić information content (AvgIpc) is 2.67. The molecule has 0 aliphatic heterocycles. The molecule has 0 spiro atoms. The molecule has 0 saturated heterocycles. The van der Waals surface area contributed by atoms with E-state index in [9.17, 15) is 19.2 Å². The highest BCUT2D eigenvalue weighted by Gasteiger charge is 2.26. The van der Waals surface area contributed by atoms with Gasteiger partial charge in [-0.15, -0.1) is 0 Å². The highest BCUT2D eigenvalue weighted by molar-refractivity contribution is 5.84. The Morgan fingerprint density at radius 1 is 1.21 bits per heavy atom. The summed E-state index contributed by atoms with van der Waals surface area (Å²) in [6.07, 6.45) is 3.24. The van der Waals surface area contributed by atoms with E-state index in [2.05, 4.69) is 17.3 Å². The largest absolute Gasteiger partial charge is 0.451 e. The number of carbonyl (C=O) groups is 2. The number of fused-ring (bicyclic) bond motifs is 1. The zero-order valence-corrected chi connectivity index (χ0v) is 16.1. The lowest BCUT2D eigenvalue weighted by molar-refractivity contribution is -0.156. The van der Waals surface area contributed by atoms with E-state index in [-0.39, 0.29) is 22.7 Å². The van der Waals surface area contributed by atoms with Gasteiger partial charge < -0.3 is 10.1 Å². The molecule has 1 aromatic carbocycles. The van der Waals surface area contributed by atoms with Crippen molar-refractivity contribution in [2.45, 2.75) is 58.2 Å². The number of aromatic amines is 1. The fourth-order valence-electron chi connectivity index (χ4n) is 3.61.